The van der Waals surface area contributed by atoms with E-state index < -0.39 is 0 Å². The second-order valence-corrected chi connectivity index (χ2v) is 3.43. The SMILES string of the molecule is CCCC(CNC(C)C)OCC. The molecule has 2 nitrogen and oxygen atoms in total. The lowest BCUT2D eigenvalue weighted by molar-refractivity contribution is 0.0550. The smallest absolute Gasteiger partial charge is 0.0699 e. The van der Waals surface area contributed by atoms with E-state index in [-0.39, 0.29) is 0 Å². The topological polar surface area (TPSA) is 21.3 Å². The second kappa shape index (κ2) is 7.56. The van der Waals surface area contributed by atoms with Gasteiger partial charge in [0.1, 0.15) is 0 Å². The van der Waals surface area contributed by atoms with Crippen LogP contribution >= 0.6 is 0 Å². The zero-order chi connectivity index (χ0) is 9.40. The molecule has 0 bridgehead atoms. The summed E-state index contributed by atoms with van der Waals surface area (Å²) in [6, 6.07) is 0.560. The van der Waals surface area contributed by atoms with E-state index in [1.54, 1.807) is 0 Å². The Bertz CT molecular complexity index is 87.8. The van der Waals surface area contributed by atoms with Crippen LogP contribution in [0.25, 0.3) is 0 Å². The van der Waals surface area contributed by atoms with Crippen molar-refractivity contribution in [2.75, 3.05) is 13.2 Å². The van der Waals surface area contributed by atoms with E-state index in [1.807, 2.05) is 0 Å². The molecule has 0 aromatic heterocycles. The Kier molecular flexibility index (Phi) is 7.51. The molecular formula is C10H23NO. The van der Waals surface area contributed by atoms with Gasteiger partial charge in [0, 0.05) is 19.2 Å². The van der Waals surface area contributed by atoms with Gasteiger partial charge < -0.3 is 10.1 Å². The summed E-state index contributed by atoms with van der Waals surface area (Å²) in [5.74, 6) is 0. The summed E-state index contributed by atoms with van der Waals surface area (Å²) in [7, 11) is 0. The molecule has 12 heavy (non-hydrogen) atoms. The number of rotatable bonds is 7. The maximum atomic E-state index is 5.57. The van der Waals surface area contributed by atoms with Gasteiger partial charge >= 0.3 is 0 Å². The van der Waals surface area contributed by atoms with Gasteiger partial charge in [-0.05, 0) is 13.3 Å². The van der Waals surface area contributed by atoms with Crippen LogP contribution in [0.2, 0.25) is 0 Å². The first-order valence-electron chi connectivity index (χ1n) is 5.05. The highest BCUT2D eigenvalue weighted by molar-refractivity contribution is 4.63. The molecule has 1 unspecified atom stereocenters. The number of hydrogen-bond acceptors (Lipinski definition) is 2. The Morgan fingerprint density at radius 2 is 1.92 bits per heavy atom. The summed E-state index contributed by atoms with van der Waals surface area (Å²) in [4.78, 5) is 0. The van der Waals surface area contributed by atoms with Gasteiger partial charge in [0.2, 0.25) is 0 Å². The molecule has 0 heterocycles. The van der Waals surface area contributed by atoms with Crippen LogP contribution in [0.15, 0.2) is 0 Å². The molecule has 0 saturated heterocycles. The molecule has 0 radical (unpaired) electrons. The lowest BCUT2D eigenvalue weighted by Crippen LogP contribution is -2.33. The number of ether oxygens (including phenoxy) is 1. The van der Waals surface area contributed by atoms with Crippen molar-refractivity contribution < 1.29 is 4.74 Å². The molecule has 0 aliphatic rings. The summed E-state index contributed by atoms with van der Waals surface area (Å²) < 4.78 is 5.57. The van der Waals surface area contributed by atoms with Crippen LogP contribution in [0.1, 0.15) is 40.5 Å². The number of hydrogen-bond donors (Lipinski definition) is 1. The molecule has 0 spiro atoms. The van der Waals surface area contributed by atoms with Crippen LogP contribution in [-0.2, 0) is 4.74 Å². The van der Waals surface area contributed by atoms with E-state index in [4.69, 9.17) is 4.74 Å². The molecule has 0 fully saturated rings. The zero-order valence-electron chi connectivity index (χ0n) is 8.89. The molecule has 74 valence electrons. The Morgan fingerprint density at radius 1 is 1.25 bits per heavy atom. The van der Waals surface area contributed by atoms with Gasteiger partial charge in [0.15, 0.2) is 0 Å². The Labute approximate surface area is 76.7 Å². The predicted octanol–water partition coefficient (Wildman–Crippen LogP) is 2.19. The minimum Gasteiger partial charge on any atom is -0.377 e. The molecule has 0 aromatic rings. The van der Waals surface area contributed by atoms with Gasteiger partial charge in [-0.15, -0.1) is 0 Å². The fourth-order valence-electron chi connectivity index (χ4n) is 1.17. The van der Waals surface area contributed by atoms with E-state index in [2.05, 4.69) is 33.0 Å². The van der Waals surface area contributed by atoms with Crippen molar-refractivity contribution in [2.24, 2.45) is 0 Å². The molecular weight excluding hydrogens is 150 g/mol. The predicted molar refractivity (Wildman–Crippen MR) is 53.5 cm³/mol. The standard InChI is InChI=1S/C10H23NO/c1-5-7-10(12-6-2)8-11-9(3)4/h9-11H,5-8H2,1-4H3. The van der Waals surface area contributed by atoms with Crippen molar-refractivity contribution in [3.63, 3.8) is 0 Å². The second-order valence-electron chi connectivity index (χ2n) is 3.43. The summed E-state index contributed by atoms with van der Waals surface area (Å²) in [5.41, 5.74) is 0. The quantitative estimate of drug-likeness (QED) is 0.637. The minimum atomic E-state index is 0.405. The molecule has 1 N–H and O–H groups in total. The first-order chi connectivity index (χ1) is 5.70. The Balaban J connectivity index is 3.48. The molecule has 1 atom stereocenters. The highest BCUT2D eigenvalue weighted by Crippen LogP contribution is 2.00. The highest BCUT2D eigenvalue weighted by Gasteiger charge is 2.06. The lowest BCUT2D eigenvalue weighted by Gasteiger charge is -2.18. The molecule has 0 aromatic carbocycles. The fraction of sp³-hybridized carbons (Fsp3) is 1.00. The van der Waals surface area contributed by atoms with E-state index in [9.17, 15) is 0 Å². The minimum absolute atomic E-state index is 0.405. The Morgan fingerprint density at radius 3 is 2.33 bits per heavy atom. The molecule has 0 aliphatic heterocycles. The maximum Gasteiger partial charge on any atom is 0.0699 e. The molecule has 0 saturated carbocycles. The van der Waals surface area contributed by atoms with E-state index in [0.29, 0.717) is 12.1 Å². The van der Waals surface area contributed by atoms with Crippen LogP contribution in [0, 0.1) is 0 Å². The van der Waals surface area contributed by atoms with Gasteiger partial charge in [0.25, 0.3) is 0 Å². The fourth-order valence-corrected chi connectivity index (χ4v) is 1.17. The van der Waals surface area contributed by atoms with E-state index >= 15 is 0 Å². The monoisotopic (exact) mass is 173 g/mol. The summed E-state index contributed by atoms with van der Waals surface area (Å²) in [6.45, 7) is 10.4. The lowest BCUT2D eigenvalue weighted by atomic mass is 10.2. The molecule has 2 heteroatoms. The van der Waals surface area contributed by atoms with Crippen molar-refractivity contribution in [3.8, 4) is 0 Å². The zero-order valence-corrected chi connectivity index (χ0v) is 8.89. The summed E-state index contributed by atoms with van der Waals surface area (Å²) >= 11 is 0. The first-order valence-corrected chi connectivity index (χ1v) is 5.05. The normalized spacial score (nSPS) is 13.8. The van der Waals surface area contributed by atoms with E-state index in [1.165, 1.54) is 6.42 Å². The van der Waals surface area contributed by atoms with Crippen molar-refractivity contribution in [1.29, 1.82) is 0 Å². The third-order valence-electron chi connectivity index (χ3n) is 1.77. The van der Waals surface area contributed by atoms with Gasteiger partial charge in [-0.2, -0.15) is 0 Å². The van der Waals surface area contributed by atoms with Crippen molar-refractivity contribution in [1.82, 2.24) is 5.32 Å². The highest BCUT2D eigenvalue weighted by atomic mass is 16.5. The van der Waals surface area contributed by atoms with Crippen LogP contribution in [0.5, 0.6) is 0 Å². The molecule has 0 rings (SSSR count). The summed E-state index contributed by atoms with van der Waals surface area (Å²) in [6.07, 6.45) is 2.76. The third kappa shape index (κ3) is 6.62. The maximum absolute atomic E-state index is 5.57. The first kappa shape index (κ1) is 11.9. The van der Waals surface area contributed by atoms with Gasteiger partial charge in [-0.3, -0.25) is 0 Å². The van der Waals surface area contributed by atoms with Crippen molar-refractivity contribution >= 4 is 0 Å². The van der Waals surface area contributed by atoms with Crippen LogP contribution < -0.4 is 5.32 Å². The van der Waals surface area contributed by atoms with Crippen LogP contribution in [-0.4, -0.2) is 25.3 Å². The van der Waals surface area contributed by atoms with Crippen LogP contribution in [0.4, 0.5) is 0 Å². The molecule has 0 amide bonds. The van der Waals surface area contributed by atoms with Crippen LogP contribution in [0.3, 0.4) is 0 Å². The van der Waals surface area contributed by atoms with Crippen molar-refractivity contribution in [2.45, 2.75) is 52.7 Å². The van der Waals surface area contributed by atoms with E-state index in [0.717, 1.165) is 19.6 Å². The third-order valence-corrected chi connectivity index (χ3v) is 1.77. The largest absolute Gasteiger partial charge is 0.377 e. The average Bonchev–Trinajstić information content (AvgIpc) is 2.01. The van der Waals surface area contributed by atoms with Gasteiger partial charge in [-0.25, -0.2) is 0 Å². The van der Waals surface area contributed by atoms with Gasteiger partial charge in [0.05, 0.1) is 6.10 Å². The number of nitrogens with one attached hydrogen (secondary N) is 1. The Hall–Kier alpha value is -0.0800. The molecule has 0 aliphatic carbocycles. The van der Waals surface area contributed by atoms with Crippen molar-refractivity contribution in [3.05, 3.63) is 0 Å². The summed E-state index contributed by atoms with van der Waals surface area (Å²) in [5, 5.41) is 3.39. The average molecular weight is 173 g/mol. The van der Waals surface area contributed by atoms with Gasteiger partial charge in [-0.1, -0.05) is 27.2 Å².